The van der Waals surface area contributed by atoms with Gasteiger partial charge in [0.1, 0.15) is 12.6 Å². The summed E-state index contributed by atoms with van der Waals surface area (Å²) in [5.41, 5.74) is 5.76. The summed E-state index contributed by atoms with van der Waals surface area (Å²) in [6, 6.07) is 8.63. The van der Waals surface area contributed by atoms with Crippen LogP contribution in [0.3, 0.4) is 0 Å². The third-order valence-corrected chi connectivity index (χ3v) is 5.52. The highest BCUT2D eigenvalue weighted by molar-refractivity contribution is 7.13. The van der Waals surface area contributed by atoms with Crippen LogP contribution < -0.4 is 11.2 Å². The van der Waals surface area contributed by atoms with E-state index in [1.54, 1.807) is 16.3 Å². The third kappa shape index (κ3) is 12.2. The Morgan fingerprint density at radius 3 is 2.19 bits per heavy atom. The normalized spacial score (nSPS) is 15.3. The van der Waals surface area contributed by atoms with E-state index in [-0.39, 0.29) is 11.5 Å². The first-order valence-corrected chi connectivity index (χ1v) is 11.6. The fourth-order valence-electron chi connectivity index (χ4n) is 2.77. The number of hydrogen-bond donors (Lipinski definition) is 3. The lowest BCUT2D eigenvalue weighted by molar-refractivity contribution is -0.111. The van der Waals surface area contributed by atoms with Crippen LogP contribution in [-0.2, 0) is 16.1 Å². The van der Waals surface area contributed by atoms with Crippen molar-refractivity contribution in [1.82, 2.24) is 15.3 Å². The van der Waals surface area contributed by atoms with Crippen LogP contribution >= 0.6 is 11.3 Å². The third-order valence-electron chi connectivity index (χ3n) is 4.54. The number of benzene rings is 1. The summed E-state index contributed by atoms with van der Waals surface area (Å²) < 4.78 is 0. The van der Waals surface area contributed by atoms with Crippen LogP contribution in [0, 0.1) is 12.3 Å². The van der Waals surface area contributed by atoms with Crippen molar-refractivity contribution >= 4 is 23.9 Å². The first kappa shape index (κ1) is 30.0. The Bertz CT molecular complexity index is 757. The number of aromatic nitrogens is 1. The summed E-state index contributed by atoms with van der Waals surface area (Å²) in [4.78, 5) is 25.4. The number of aliphatic hydroxyl groups is 1. The van der Waals surface area contributed by atoms with Gasteiger partial charge in [0.15, 0.2) is 0 Å². The molecule has 0 radical (unpaired) electrons. The molecule has 1 fully saturated rings. The highest BCUT2D eigenvalue weighted by Gasteiger charge is 2.19. The van der Waals surface area contributed by atoms with Gasteiger partial charge in [0.05, 0.1) is 22.1 Å². The van der Waals surface area contributed by atoms with Crippen LogP contribution in [0.2, 0.25) is 0 Å². The number of carbonyl (C=O) groups excluding carboxylic acids is 2. The standard InChI is InChI=1S/C12H14N2S.C6H12O.C5H10N2O.CH4O/c1-9-12(15-8-14-9)11-5-3-10(4-6-11)7-13-2;1-6(2,3)4-5-7;6-7-3-1-2-5(7)4-8;1-2/h3-6,8,13H,7H2,1-2H3;5H,4H2,1-3H3;4-5H,1-3,6H2;2H,1H3. The summed E-state index contributed by atoms with van der Waals surface area (Å²) in [5, 5.41) is 11.7. The number of hydrogen-bond acceptors (Lipinski definition) is 8. The van der Waals surface area contributed by atoms with Crippen LogP contribution in [0.25, 0.3) is 10.4 Å². The fourth-order valence-corrected chi connectivity index (χ4v) is 3.58. The van der Waals surface area contributed by atoms with Crippen molar-refractivity contribution in [3.63, 3.8) is 0 Å². The average Bonchev–Trinajstić information content (AvgIpc) is 3.38. The highest BCUT2D eigenvalue weighted by atomic mass is 32.1. The number of nitrogens with zero attached hydrogens (tertiary/aromatic N) is 2. The van der Waals surface area contributed by atoms with Crippen molar-refractivity contribution in [1.29, 1.82) is 0 Å². The molecular weight excluding hydrogens is 424 g/mol. The quantitative estimate of drug-likeness (QED) is 0.458. The molecule has 0 bridgehead atoms. The fraction of sp³-hybridized carbons (Fsp3) is 0.542. The summed E-state index contributed by atoms with van der Waals surface area (Å²) in [6.07, 6.45) is 4.51. The zero-order valence-electron chi connectivity index (χ0n) is 20.3. The van der Waals surface area contributed by atoms with E-state index in [0.717, 1.165) is 51.3 Å². The van der Waals surface area contributed by atoms with Gasteiger partial charge in [0.25, 0.3) is 0 Å². The van der Waals surface area contributed by atoms with Gasteiger partial charge in [-0.15, -0.1) is 11.3 Å². The van der Waals surface area contributed by atoms with E-state index < -0.39 is 0 Å². The van der Waals surface area contributed by atoms with Crippen molar-refractivity contribution in [3.8, 4) is 10.4 Å². The van der Waals surface area contributed by atoms with E-state index in [4.69, 9.17) is 10.9 Å². The molecule has 180 valence electrons. The number of hydrazine groups is 1. The number of rotatable bonds is 5. The largest absolute Gasteiger partial charge is 0.400 e. The van der Waals surface area contributed by atoms with Gasteiger partial charge in [-0.1, -0.05) is 45.0 Å². The lowest BCUT2D eigenvalue weighted by Crippen LogP contribution is -2.36. The van der Waals surface area contributed by atoms with Crippen molar-refractivity contribution in [2.24, 2.45) is 11.3 Å². The van der Waals surface area contributed by atoms with Gasteiger partial charge in [0.2, 0.25) is 0 Å². The zero-order valence-corrected chi connectivity index (χ0v) is 21.1. The molecule has 0 amide bonds. The molecule has 0 spiro atoms. The minimum Gasteiger partial charge on any atom is -0.400 e. The van der Waals surface area contributed by atoms with Crippen LogP contribution in [-0.4, -0.2) is 54.4 Å². The van der Waals surface area contributed by atoms with Crippen molar-refractivity contribution < 1.29 is 14.7 Å². The van der Waals surface area contributed by atoms with Crippen molar-refractivity contribution in [2.75, 3.05) is 20.7 Å². The van der Waals surface area contributed by atoms with Gasteiger partial charge in [-0.05, 0) is 43.4 Å². The van der Waals surface area contributed by atoms with E-state index >= 15 is 0 Å². The maximum atomic E-state index is 10.1. The molecule has 7 nitrogen and oxygen atoms in total. The average molecular weight is 465 g/mol. The number of nitrogens with one attached hydrogen (secondary N) is 1. The van der Waals surface area contributed by atoms with Gasteiger partial charge in [-0.3, -0.25) is 5.84 Å². The van der Waals surface area contributed by atoms with E-state index in [1.807, 2.05) is 40.3 Å². The Labute approximate surface area is 197 Å². The summed E-state index contributed by atoms with van der Waals surface area (Å²) in [5.74, 6) is 5.39. The first-order valence-electron chi connectivity index (χ1n) is 10.7. The van der Waals surface area contributed by atoms with E-state index in [0.29, 0.717) is 6.42 Å². The Morgan fingerprint density at radius 2 is 1.88 bits per heavy atom. The van der Waals surface area contributed by atoms with Crippen LogP contribution in [0.4, 0.5) is 0 Å². The molecule has 1 aliphatic heterocycles. The predicted molar refractivity (Wildman–Crippen MR) is 133 cm³/mol. The minimum atomic E-state index is -0.00463. The molecule has 1 saturated heterocycles. The second-order valence-electron chi connectivity index (χ2n) is 8.51. The Kier molecular flexibility index (Phi) is 15.6. The maximum absolute atomic E-state index is 10.1. The number of nitrogens with two attached hydrogens (primary N) is 1. The molecule has 2 heterocycles. The number of aryl methyl sites for hydroxylation is 1. The van der Waals surface area contributed by atoms with Gasteiger partial charge >= 0.3 is 0 Å². The molecule has 1 aliphatic rings. The van der Waals surface area contributed by atoms with Gasteiger partial charge in [0, 0.05) is 26.6 Å². The number of aldehydes is 2. The molecule has 8 heteroatoms. The number of carbonyl (C=O) groups is 2. The molecule has 3 rings (SSSR count). The van der Waals surface area contributed by atoms with Crippen LogP contribution in [0.5, 0.6) is 0 Å². The van der Waals surface area contributed by atoms with Gasteiger partial charge in [-0.2, -0.15) is 0 Å². The molecule has 1 aromatic carbocycles. The molecule has 1 aromatic heterocycles. The second-order valence-corrected chi connectivity index (χ2v) is 9.36. The highest BCUT2D eigenvalue weighted by Crippen LogP contribution is 2.27. The summed E-state index contributed by atoms with van der Waals surface area (Å²) in [7, 11) is 2.96. The van der Waals surface area contributed by atoms with Crippen molar-refractivity contribution in [3.05, 3.63) is 41.0 Å². The molecule has 1 atom stereocenters. The number of aliphatic hydroxyl groups excluding tert-OH is 1. The SMILES string of the molecule is CC(C)(C)CC=O.CNCc1ccc(-c2scnc2C)cc1.CO.NN1CCCC1C=O. The first-order chi connectivity index (χ1) is 15.2. The molecule has 0 saturated carbocycles. The van der Waals surface area contributed by atoms with Gasteiger partial charge < -0.3 is 20.0 Å². The lowest BCUT2D eigenvalue weighted by atomic mass is 9.93. The molecule has 32 heavy (non-hydrogen) atoms. The number of thiazole rings is 1. The predicted octanol–water partition coefficient (Wildman–Crippen LogP) is 3.59. The zero-order chi connectivity index (χ0) is 24.6. The van der Waals surface area contributed by atoms with Crippen molar-refractivity contribution in [2.45, 2.75) is 59.5 Å². The molecule has 0 aliphatic carbocycles. The van der Waals surface area contributed by atoms with E-state index in [2.05, 4.69) is 34.6 Å². The Balaban J connectivity index is 0.000000480. The lowest BCUT2D eigenvalue weighted by Gasteiger charge is -2.11. The van der Waals surface area contributed by atoms with Gasteiger partial charge in [-0.25, -0.2) is 9.99 Å². The maximum Gasteiger partial charge on any atom is 0.138 e. The van der Waals surface area contributed by atoms with Crippen LogP contribution in [0.15, 0.2) is 29.8 Å². The van der Waals surface area contributed by atoms with E-state index in [1.165, 1.54) is 16.0 Å². The Morgan fingerprint density at radius 1 is 1.25 bits per heavy atom. The smallest absolute Gasteiger partial charge is 0.138 e. The summed E-state index contributed by atoms with van der Waals surface area (Å²) >= 11 is 1.70. The topological polar surface area (TPSA) is 109 Å². The monoisotopic (exact) mass is 464 g/mol. The van der Waals surface area contributed by atoms with E-state index in [9.17, 15) is 9.59 Å². The second kappa shape index (κ2) is 16.6. The molecule has 2 aromatic rings. The molecule has 4 N–H and O–H groups in total. The summed E-state index contributed by atoms with van der Waals surface area (Å²) in [6.45, 7) is 9.96. The van der Waals surface area contributed by atoms with Crippen LogP contribution in [0.1, 0.15) is 51.3 Å². The minimum absolute atomic E-state index is 0.00463. The molecule has 1 unspecified atom stereocenters. The molecular formula is C24H40N4O3S. The Hall–Kier alpha value is -1.97.